The van der Waals surface area contributed by atoms with Gasteiger partial charge in [0.05, 0.1) is 7.11 Å². The summed E-state index contributed by atoms with van der Waals surface area (Å²) in [6.07, 6.45) is 0.414. The van der Waals surface area contributed by atoms with E-state index in [1.165, 1.54) is 17.0 Å². The Kier molecular flexibility index (Phi) is 8.42. The average molecular weight is 431 g/mol. The van der Waals surface area contributed by atoms with E-state index in [2.05, 4.69) is 5.32 Å². The molecule has 0 unspecified atom stereocenters. The minimum absolute atomic E-state index is 0.00984. The van der Waals surface area contributed by atoms with Crippen molar-refractivity contribution < 1.29 is 23.5 Å². The maximum atomic E-state index is 13.9. The van der Waals surface area contributed by atoms with Crippen molar-refractivity contribution in [2.24, 2.45) is 0 Å². The monoisotopic (exact) mass is 430 g/mol. The molecule has 0 aliphatic rings. The van der Waals surface area contributed by atoms with Gasteiger partial charge in [-0.3, -0.25) is 9.59 Å². The molecule has 2 rings (SSSR count). The lowest BCUT2D eigenvalue weighted by molar-refractivity contribution is -0.143. The summed E-state index contributed by atoms with van der Waals surface area (Å²) in [5, 5.41) is 2.94. The van der Waals surface area contributed by atoms with Crippen molar-refractivity contribution in [3.8, 4) is 11.5 Å². The van der Waals surface area contributed by atoms with Gasteiger partial charge in [-0.25, -0.2) is 4.39 Å². The van der Waals surface area contributed by atoms with Gasteiger partial charge in [0.2, 0.25) is 5.91 Å². The van der Waals surface area contributed by atoms with E-state index in [1.54, 1.807) is 25.3 Å². The SMILES string of the molecule is CC[C@H](C(=O)NC(C)(C)C)N(Cc1cccc(OC)c1)C(=O)COc1ccccc1F. The van der Waals surface area contributed by atoms with Gasteiger partial charge in [-0.05, 0) is 57.0 Å². The molecule has 0 heterocycles. The molecule has 2 aromatic rings. The zero-order valence-electron chi connectivity index (χ0n) is 18.8. The van der Waals surface area contributed by atoms with Gasteiger partial charge in [-0.1, -0.05) is 31.2 Å². The summed E-state index contributed by atoms with van der Waals surface area (Å²) in [7, 11) is 1.57. The lowest BCUT2D eigenvalue weighted by Gasteiger charge is -2.33. The molecule has 0 aromatic heterocycles. The molecule has 0 saturated carbocycles. The second kappa shape index (κ2) is 10.8. The number of hydrogen-bond donors (Lipinski definition) is 1. The molecule has 1 N–H and O–H groups in total. The van der Waals surface area contributed by atoms with Crippen LogP contribution in [0.5, 0.6) is 11.5 Å². The number of amides is 2. The molecule has 2 amide bonds. The van der Waals surface area contributed by atoms with Crippen LogP contribution in [0, 0.1) is 5.82 Å². The van der Waals surface area contributed by atoms with Gasteiger partial charge < -0.3 is 19.7 Å². The average Bonchev–Trinajstić information content (AvgIpc) is 2.71. The van der Waals surface area contributed by atoms with Gasteiger partial charge in [-0.15, -0.1) is 0 Å². The summed E-state index contributed by atoms with van der Waals surface area (Å²) in [4.78, 5) is 27.5. The fourth-order valence-electron chi connectivity index (χ4n) is 3.12. The molecule has 7 heteroatoms. The third-order valence-electron chi connectivity index (χ3n) is 4.56. The van der Waals surface area contributed by atoms with Gasteiger partial charge in [0.25, 0.3) is 5.91 Å². The summed E-state index contributed by atoms with van der Waals surface area (Å²) in [5.41, 5.74) is 0.361. The molecule has 6 nitrogen and oxygen atoms in total. The third kappa shape index (κ3) is 7.27. The standard InChI is InChI=1S/C24H31FN2O4/c1-6-20(23(29)26-24(2,3)4)27(15-17-10-9-11-18(14-17)30-5)22(28)16-31-21-13-8-7-12-19(21)25/h7-14,20H,6,15-16H2,1-5H3,(H,26,29)/t20-/m1/s1. The van der Waals surface area contributed by atoms with E-state index in [0.29, 0.717) is 12.2 Å². The quantitative estimate of drug-likeness (QED) is 0.655. The van der Waals surface area contributed by atoms with E-state index in [-0.39, 0.29) is 24.8 Å². The fraction of sp³-hybridized carbons (Fsp3) is 0.417. The van der Waals surface area contributed by atoms with Crippen LogP contribution in [-0.2, 0) is 16.1 Å². The van der Waals surface area contributed by atoms with Crippen molar-refractivity contribution in [3.63, 3.8) is 0 Å². The molecule has 0 spiro atoms. The maximum Gasteiger partial charge on any atom is 0.261 e. The molecule has 31 heavy (non-hydrogen) atoms. The number of carbonyl (C=O) groups excluding carboxylic acids is 2. The normalized spacial score (nSPS) is 12.1. The Balaban J connectivity index is 2.27. The predicted octanol–water partition coefficient (Wildman–Crippen LogP) is 3.94. The highest BCUT2D eigenvalue weighted by molar-refractivity contribution is 5.88. The van der Waals surface area contributed by atoms with Crippen LogP contribution in [0.3, 0.4) is 0 Å². The lowest BCUT2D eigenvalue weighted by Crippen LogP contribution is -2.54. The number of ether oxygens (including phenoxy) is 2. The van der Waals surface area contributed by atoms with Crippen LogP contribution in [-0.4, -0.2) is 42.0 Å². The van der Waals surface area contributed by atoms with Crippen LogP contribution >= 0.6 is 0 Å². The van der Waals surface area contributed by atoms with Crippen molar-refractivity contribution in [3.05, 3.63) is 59.9 Å². The van der Waals surface area contributed by atoms with E-state index in [1.807, 2.05) is 45.9 Å². The molecule has 0 radical (unpaired) electrons. The van der Waals surface area contributed by atoms with Crippen molar-refractivity contribution >= 4 is 11.8 Å². The first-order valence-electron chi connectivity index (χ1n) is 10.3. The topological polar surface area (TPSA) is 67.9 Å². The second-order valence-corrected chi connectivity index (χ2v) is 8.26. The van der Waals surface area contributed by atoms with Crippen LogP contribution in [0.15, 0.2) is 48.5 Å². The molecule has 1 atom stereocenters. The van der Waals surface area contributed by atoms with E-state index < -0.39 is 23.3 Å². The van der Waals surface area contributed by atoms with Crippen LogP contribution in [0.25, 0.3) is 0 Å². The van der Waals surface area contributed by atoms with Crippen molar-refractivity contribution in [2.45, 2.75) is 52.2 Å². The van der Waals surface area contributed by atoms with Crippen LogP contribution in [0.2, 0.25) is 0 Å². The largest absolute Gasteiger partial charge is 0.497 e. The van der Waals surface area contributed by atoms with E-state index in [0.717, 1.165) is 5.56 Å². The number of benzene rings is 2. The Bertz CT molecular complexity index is 895. The summed E-state index contributed by atoms with van der Waals surface area (Å²) < 4.78 is 24.6. The number of hydrogen-bond acceptors (Lipinski definition) is 4. The molecule has 0 fully saturated rings. The zero-order valence-corrected chi connectivity index (χ0v) is 18.8. The first-order chi connectivity index (χ1) is 14.6. The lowest BCUT2D eigenvalue weighted by atomic mass is 10.1. The highest BCUT2D eigenvalue weighted by Crippen LogP contribution is 2.19. The second-order valence-electron chi connectivity index (χ2n) is 8.26. The maximum absolute atomic E-state index is 13.9. The predicted molar refractivity (Wildman–Crippen MR) is 117 cm³/mol. The number of halogens is 1. The Hall–Kier alpha value is -3.09. The number of nitrogens with one attached hydrogen (secondary N) is 1. The van der Waals surface area contributed by atoms with E-state index in [4.69, 9.17) is 9.47 Å². The number of methoxy groups -OCH3 is 1. The summed E-state index contributed by atoms with van der Waals surface area (Å²) >= 11 is 0. The molecule has 2 aromatic carbocycles. The van der Waals surface area contributed by atoms with Crippen LogP contribution in [0.4, 0.5) is 4.39 Å². The number of nitrogens with zero attached hydrogens (tertiary/aromatic N) is 1. The molecular weight excluding hydrogens is 399 g/mol. The fourth-order valence-corrected chi connectivity index (χ4v) is 3.12. The number of para-hydroxylation sites is 1. The van der Waals surface area contributed by atoms with Gasteiger partial charge in [-0.2, -0.15) is 0 Å². The van der Waals surface area contributed by atoms with E-state index in [9.17, 15) is 14.0 Å². The molecule has 0 aliphatic heterocycles. The Labute approximate surface area is 183 Å². The number of carbonyl (C=O) groups is 2. The Morgan fingerprint density at radius 2 is 1.84 bits per heavy atom. The third-order valence-corrected chi connectivity index (χ3v) is 4.56. The van der Waals surface area contributed by atoms with Crippen molar-refractivity contribution in [1.29, 1.82) is 0 Å². The number of rotatable bonds is 9. The summed E-state index contributed by atoms with van der Waals surface area (Å²) in [6, 6.07) is 12.5. The first kappa shape index (κ1) is 24.2. The van der Waals surface area contributed by atoms with E-state index >= 15 is 0 Å². The molecular formula is C24H31FN2O4. The van der Waals surface area contributed by atoms with Gasteiger partial charge >= 0.3 is 0 Å². The Morgan fingerprint density at radius 3 is 2.45 bits per heavy atom. The van der Waals surface area contributed by atoms with Gasteiger partial charge in [0, 0.05) is 12.1 Å². The highest BCUT2D eigenvalue weighted by Gasteiger charge is 2.31. The molecule has 0 saturated heterocycles. The zero-order chi connectivity index (χ0) is 23.0. The van der Waals surface area contributed by atoms with Crippen LogP contribution in [0.1, 0.15) is 39.7 Å². The van der Waals surface area contributed by atoms with Gasteiger partial charge in [0.1, 0.15) is 11.8 Å². The molecule has 0 bridgehead atoms. The van der Waals surface area contributed by atoms with Crippen molar-refractivity contribution in [2.75, 3.05) is 13.7 Å². The Morgan fingerprint density at radius 1 is 1.13 bits per heavy atom. The highest BCUT2D eigenvalue weighted by atomic mass is 19.1. The van der Waals surface area contributed by atoms with Crippen molar-refractivity contribution in [1.82, 2.24) is 10.2 Å². The van der Waals surface area contributed by atoms with Gasteiger partial charge in [0.15, 0.2) is 18.2 Å². The summed E-state index contributed by atoms with van der Waals surface area (Å²) in [5.74, 6) is -0.574. The minimum atomic E-state index is -0.706. The minimum Gasteiger partial charge on any atom is -0.497 e. The van der Waals surface area contributed by atoms with Crippen LogP contribution < -0.4 is 14.8 Å². The molecule has 168 valence electrons. The summed E-state index contributed by atoms with van der Waals surface area (Å²) in [6.45, 7) is 7.29. The smallest absolute Gasteiger partial charge is 0.261 e. The molecule has 0 aliphatic carbocycles. The first-order valence-corrected chi connectivity index (χ1v) is 10.3.